The minimum absolute atomic E-state index is 0.0522. The Bertz CT molecular complexity index is 134. The predicted octanol–water partition coefficient (Wildman–Crippen LogP) is 0.104. The number of allylic oxidation sites excluding steroid dienone is 1. The zero-order valence-electron chi connectivity index (χ0n) is 5.52. The van der Waals surface area contributed by atoms with Crippen molar-refractivity contribution in [2.24, 2.45) is 0 Å². The summed E-state index contributed by atoms with van der Waals surface area (Å²) in [7, 11) is 0. The molecule has 0 rings (SSSR count). The summed E-state index contributed by atoms with van der Waals surface area (Å²) < 4.78 is 0. The molecule has 2 heteroatoms. The number of hydrogen-bond acceptors (Lipinski definition) is 2. The Labute approximate surface area is 55.6 Å². The molecule has 9 heavy (non-hydrogen) atoms. The van der Waals surface area contributed by atoms with Crippen molar-refractivity contribution in [3.8, 4) is 12.3 Å². The summed E-state index contributed by atoms with van der Waals surface area (Å²) in [5.74, 6) is 2.36. The van der Waals surface area contributed by atoms with Crippen LogP contribution in [0, 0.1) is 12.3 Å². The SMILES string of the molecule is C#C[C@H](CO)NC(=C)C. The molecule has 0 aromatic carbocycles. The molecular weight excluding hydrogens is 114 g/mol. The van der Waals surface area contributed by atoms with Crippen molar-refractivity contribution < 1.29 is 5.11 Å². The maximum absolute atomic E-state index is 8.53. The first-order chi connectivity index (χ1) is 4.20. The second-order valence-electron chi connectivity index (χ2n) is 1.83. The van der Waals surface area contributed by atoms with Crippen molar-refractivity contribution in [2.75, 3.05) is 6.61 Å². The molecule has 0 saturated heterocycles. The van der Waals surface area contributed by atoms with E-state index in [9.17, 15) is 0 Å². The molecule has 0 bridgehead atoms. The van der Waals surface area contributed by atoms with Crippen LogP contribution in [0.5, 0.6) is 0 Å². The average molecular weight is 125 g/mol. The van der Waals surface area contributed by atoms with Crippen molar-refractivity contribution in [2.45, 2.75) is 13.0 Å². The van der Waals surface area contributed by atoms with Crippen LogP contribution in [0.1, 0.15) is 6.92 Å². The molecule has 0 aromatic heterocycles. The molecule has 1 atom stereocenters. The van der Waals surface area contributed by atoms with Gasteiger partial charge in [0.15, 0.2) is 0 Å². The molecule has 0 spiro atoms. The molecule has 0 amide bonds. The molecule has 0 aromatic rings. The topological polar surface area (TPSA) is 32.3 Å². The molecule has 0 heterocycles. The van der Waals surface area contributed by atoms with Crippen molar-refractivity contribution in [3.63, 3.8) is 0 Å². The van der Waals surface area contributed by atoms with E-state index in [1.807, 2.05) is 0 Å². The van der Waals surface area contributed by atoms with Crippen molar-refractivity contribution >= 4 is 0 Å². The van der Waals surface area contributed by atoms with Gasteiger partial charge in [-0.05, 0) is 6.92 Å². The number of rotatable bonds is 3. The van der Waals surface area contributed by atoms with Gasteiger partial charge >= 0.3 is 0 Å². The summed E-state index contributed by atoms with van der Waals surface area (Å²) in [6.45, 7) is 5.31. The van der Waals surface area contributed by atoms with Gasteiger partial charge < -0.3 is 10.4 Å². The highest BCUT2D eigenvalue weighted by Crippen LogP contribution is 1.84. The van der Waals surface area contributed by atoms with Gasteiger partial charge in [0.1, 0.15) is 6.04 Å². The Kier molecular flexibility index (Phi) is 3.57. The Morgan fingerprint density at radius 3 is 2.67 bits per heavy atom. The second-order valence-corrected chi connectivity index (χ2v) is 1.83. The molecule has 0 saturated carbocycles. The fourth-order valence-electron chi connectivity index (χ4n) is 0.437. The van der Waals surface area contributed by atoms with Crippen LogP contribution in [0.15, 0.2) is 12.3 Å². The lowest BCUT2D eigenvalue weighted by atomic mass is 10.3. The van der Waals surface area contributed by atoms with E-state index in [2.05, 4.69) is 17.8 Å². The third kappa shape index (κ3) is 3.63. The third-order valence-electron chi connectivity index (χ3n) is 0.804. The normalized spacial score (nSPS) is 11.7. The number of aliphatic hydroxyl groups is 1. The van der Waals surface area contributed by atoms with Crippen LogP contribution in [-0.4, -0.2) is 17.8 Å². The van der Waals surface area contributed by atoms with Crippen LogP contribution in [-0.2, 0) is 0 Å². The molecule has 50 valence electrons. The number of aliphatic hydroxyl groups excluding tert-OH is 1. The smallest absolute Gasteiger partial charge is 0.111 e. The Morgan fingerprint density at radius 2 is 2.56 bits per heavy atom. The van der Waals surface area contributed by atoms with Gasteiger partial charge in [-0.15, -0.1) is 6.42 Å². The van der Waals surface area contributed by atoms with Crippen molar-refractivity contribution in [1.82, 2.24) is 5.32 Å². The Hall–Kier alpha value is -0.940. The standard InChI is InChI=1S/C7H11NO/c1-4-7(5-9)8-6(2)3/h1,7-9H,2,5H2,3H3/t7-/m1/s1. The molecule has 0 aliphatic carbocycles. The lowest BCUT2D eigenvalue weighted by Crippen LogP contribution is -2.28. The van der Waals surface area contributed by atoms with Gasteiger partial charge in [0, 0.05) is 5.70 Å². The summed E-state index contributed by atoms with van der Waals surface area (Å²) in [4.78, 5) is 0. The maximum Gasteiger partial charge on any atom is 0.111 e. The largest absolute Gasteiger partial charge is 0.393 e. The van der Waals surface area contributed by atoms with E-state index in [1.54, 1.807) is 6.92 Å². The maximum atomic E-state index is 8.53. The lowest BCUT2D eigenvalue weighted by molar-refractivity contribution is 0.274. The average Bonchev–Trinajstić information content (AvgIpc) is 1.82. The molecule has 0 aliphatic rings. The van der Waals surface area contributed by atoms with Gasteiger partial charge in [0.2, 0.25) is 0 Å². The highest BCUT2D eigenvalue weighted by molar-refractivity contribution is 5.03. The minimum atomic E-state index is -0.289. The molecular formula is C7H11NO. The van der Waals surface area contributed by atoms with Gasteiger partial charge in [-0.1, -0.05) is 12.5 Å². The number of nitrogens with one attached hydrogen (secondary N) is 1. The van der Waals surface area contributed by atoms with Crippen LogP contribution >= 0.6 is 0 Å². The second kappa shape index (κ2) is 3.99. The van der Waals surface area contributed by atoms with Gasteiger partial charge in [-0.3, -0.25) is 0 Å². The quantitative estimate of drug-likeness (QED) is 0.524. The van der Waals surface area contributed by atoms with Crippen molar-refractivity contribution in [3.05, 3.63) is 12.3 Å². The molecule has 0 radical (unpaired) electrons. The summed E-state index contributed by atoms with van der Waals surface area (Å²) in [5.41, 5.74) is 0.770. The summed E-state index contributed by atoms with van der Waals surface area (Å²) in [6.07, 6.45) is 5.02. The highest BCUT2D eigenvalue weighted by Gasteiger charge is 1.98. The van der Waals surface area contributed by atoms with E-state index in [0.29, 0.717) is 0 Å². The molecule has 0 unspecified atom stereocenters. The van der Waals surface area contributed by atoms with Crippen LogP contribution < -0.4 is 5.32 Å². The zero-order valence-corrected chi connectivity index (χ0v) is 5.52. The summed E-state index contributed by atoms with van der Waals surface area (Å²) in [5, 5.41) is 11.3. The summed E-state index contributed by atoms with van der Waals surface area (Å²) in [6, 6.07) is -0.289. The first kappa shape index (κ1) is 8.06. The highest BCUT2D eigenvalue weighted by atomic mass is 16.3. The van der Waals surface area contributed by atoms with Crippen LogP contribution in [0.2, 0.25) is 0 Å². The van der Waals surface area contributed by atoms with Gasteiger partial charge in [0.05, 0.1) is 6.61 Å². The first-order valence-electron chi connectivity index (χ1n) is 2.69. The molecule has 2 nitrogen and oxygen atoms in total. The monoisotopic (exact) mass is 125 g/mol. The van der Waals surface area contributed by atoms with E-state index < -0.39 is 0 Å². The van der Waals surface area contributed by atoms with Gasteiger partial charge in [-0.2, -0.15) is 0 Å². The van der Waals surface area contributed by atoms with E-state index in [4.69, 9.17) is 11.5 Å². The summed E-state index contributed by atoms with van der Waals surface area (Å²) >= 11 is 0. The molecule has 0 fully saturated rings. The molecule has 0 aliphatic heterocycles. The van der Waals surface area contributed by atoms with Crippen LogP contribution in [0.3, 0.4) is 0 Å². The Balaban J connectivity index is 3.60. The van der Waals surface area contributed by atoms with E-state index in [0.717, 1.165) is 5.70 Å². The number of hydrogen-bond donors (Lipinski definition) is 2. The van der Waals surface area contributed by atoms with Gasteiger partial charge in [0.25, 0.3) is 0 Å². The number of terminal acetylenes is 1. The van der Waals surface area contributed by atoms with Crippen LogP contribution in [0.4, 0.5) is 0 Å². The molecule has 2 N–H and O–H groups in total. The van der Waals surface area contributed by atoms with E-state index in [1.165, 1.54) is 0 Å². The van der Waals surface area contributed by atoms with Gasteiger partial charge in [-0.25, -0.2) is 0 Å². The predicted molar refractivity (Wildman–Crippen MR) is 37.7 cm³/mol. The minimum Gasteiger partial charge on any atom is -0.393 e. The zero-order chi connectivity index (χ0) is 7.28. The van der Waals surface area contributed by atoms with Crippen LogP contribution in [0.25, 0.3) is 0 Å². The first-order valence-corrected chi connectivity index (χ1v) is 2.69. The lowest BCUT2D eigenvalue weighted by Gasteiger charge is -2.09. The van der Waals surface area contributed by atoms with E-state index >= 15 is 0 Å². The fraction of sp³-hybridized carbons (Fsp3) is 0.429. The van der Waals surface area contributed by atoms with E-state index in [-0.39, 0.29) is 12.6 Å². The van der Waals surface area contributed by atoms with Crippen molar-refractivity contribution in [1.29, 1.82) is 0 Å². The fourth-order valence-corrected chi connectivity index (χ4v) is 0.437. The Morgan fingerprint density at radius 1 is 2.00 bits per heavy atom. The third-order valence-corrected chi connectivity index (χ3v) is 0.804.